The maximum Gasteiger partial charge on any atom is 0.191 e. The fourth-order valence-electron chi connectivity index (χ4n) is 3.83. The second-order valence-electron chi connectivity index (χ2n) is 7.17. The number of benzene rings is 1. The topological polar surface area (TPSA) is 52.7 Å². The van der Waals surface area contributed by atoms with Gasteiger partial charge in [-0.1, -0.05) is 24.2 Å². The molecular weight excluding hydrogens is 375 g/mol. The maximum atomic E-state index is 13.6. The molecule has 4 rings (SSSR count). The van der Waals surface area contributed by atoms with Crippen LogP contribution in [0.5, 0.6) is 0 Å². The minimum Gasteiger partial charge on any atom is -0.318 e. The zero-order chi connectivity index (χ0) is 19.7. The lowest BCUT2D eigenvalue weighted by Gasteiger charge is -2.10. The monoisotopic (exact) mass is 398 g/mol. The lowest BCUT2D eigenvalue weighted by molar-refractivity contribution is 0.102. The number of Topliss-reactive ketones (excluding diaryl/α,β-unsaturated/α-hetero) is 1. The van der Waals surface area contributed by atoms with Crippen LogP contribution in [-0.4, -0.2) is 30.9 Å². The van der Waals surface area contributed by atoms with Gasteiger partial charge in [0.15, 0.2) is 10.9 Å². The molecule has 0 fully saturated rings. The fraction of sp³-hybridized carbons (Fsp3) is 0.381. The van der Waals surface area contributed by atoms with Crippen LogP contribution in [0.3, 0.4) is 0 Å². The molecule has 2 aromatic heterocycles. The van der Waals surface area contributed by atoms with Crippen LogP contribution >= 0.6 is 11.8 Å². The first-order valence-corrected chi connectivity index (χ1v) is 10.6. The molecule has 0 saturated heterocycles. The van der Waals surface area contributed by atoms with Crippen molar-refractivity contribution >= 4 is 17.5 Å². The molecule has 0 atom stereocenters. The van der Waals surface area contributed by atoms with E-state index < -0.39 is 0 Å². The van der Waals surface area contributed by atoms with Gasteiger partial charge in [0.05, 0.1) is 5.75 Å². The summed E-state index contributed by atoms with van der Waals surface area (Å²) in [6.45, 7) is 4.76. The van der Waals surface area contributed by atoms with E-state index in [0.29, 0.717) is 11.3 Å². The van der Waals surface area contributed by atoms with E-state index in [1.165, 1.54) is 30.3 Å². The minimum absolute atomic E-state index is 0.0479. The van der Waals surface area contributed by atoms with Crippen molar-refractivity contribution < 1.29 is 9.18 Å². The van der Waals surface area contributed by atoms with E-state index in [-0.39, 0.29) is 11.6 Å². The number of nitrogens with zero attached hydrogens (tertiary/aromatic N) is 4. The number of aromatic nitrogens is 4. The first-order chi connectivity index (χ1) is 13.5. The van der Waals surface area contributed by atoms with E-state index in [4.69, 9.17) is 0 Å². The molecule has 1 aliphatic rings. The smallest absolute Gasteiger partial charge is 0.191 e. The first kappa shape index (κ1) is 18.9. The highest BCUT2D eigenvalue weighted by atomic mass is 32.2. The highest BCUT2D eigenvalue weighted by Gasteiger charge is 2.20. The summed E-state index contributed by atoms with van der Waals surface area (Å²) in [5, 5.41) is 9.40. The number of carbonyl (C=O) groups is 1. The van der Waals surface area contributed by atoms with Gasteiger partial charge in [0, 0.05) is 35.6 Å². The van der Waals surface area contributed by atoms with Crippen molar-refractivity contribution in [1.29, 1.82) is 0 Å². The van der Waals surface area contributed by atoms with Gasteiger partial charge in [0.2, 0.25) is 0 Å². The Balaban J connectivity index is 1.53. The molecule has 0 saturated carbocycles. The number of fused-ring (bicyclic) bond motifs is 1. The van der Waals surface area contributed by atoms with E-state index in [0.717, 1.165) is 53.9 Å². The molecule has 3 heterocycles. The number of aryl methyl sites for hydroxylation is 2. The van der Waals surface area contributed by atoms with Gasteiger partial charge >= 0.3 is 0 Å². The predicted molar refractivity (Wildman–Crippen MR) is 108 cm³/mol. The van der Waals surface area contributed by atoms with Crippen LogP contribution in [0.25, 0.3) is 5.69 Å². The van der Waals surface area contributed by atoms with Gasteiger partial charge < -0.3 is 9.13 Å². The summed E-state index contributed by atoms with van der Waals surface area (Å²) >= 11 is 1.45. The Kier molecular flexibility index (Phi) is 5.35. The normalized spacial score (nSPS) is 14.0. The Morgan fingerprint density at radius 1 is 1.18 bits per heavy atom. The van der Waals surface area contributed by atoms with Crippen LogP contribution in [0.4, 0.5) is 4.39 Å². The van der Waals surface area contributed by atoms with Crippen LogP contribution in [-0.2, 0) is 13.0 Å². The van der Waals surface area contributed by atoms with Crippen LogP contribution in [0.2, 0.25) is 0 Å². The first-order valence-electron chi connectivity index (χ1n) is 9.57. The number of hydrogen-bond acceptors (Lipinski definition) is 4. The number of carbonyl (C=O) groups excluding carboxylic acids is 1. The Morgan fingerprint density at radius 2 is 2.04 bits per heavy atom. The highest BCUT2D eigenvalue weighted by Crippen LogP contribution is 2.26. The molecule has 28 heavy (non-hydrogen) atoms. The van der Waals surface area contributed by atoms with Crippen molar-refractivity contribution in [3.63, 3.8) is 0 Å². The Morgan fingerprint density at radius 3 is 2.86 bits per heavy atom. The van der Waals surface area contributed by atoms with Crippen molar-refractivity contribution in [2.24, 2.45) is 0 Å². The second-order valence-corrected chi connectivity index (χ2v) is 8.12. The zero-order valence-electron chi connectivity index (χ0n) is 16.1. The molecule has 1 aliphatic heterocycles. The Labute approximate surface area is 168 Å². The van der Waals surface area contributed by atoms with Crippen molar-refractivity contribution in [3.05, 3.63) is 58.9 Å². The minimum atomic E-state index is -0.291. The third kappa shape index (κ3) is 3.63. The molecule has 0 aliphatic carbocycles. The van der Waals surface area contributed by atoms with Crippen LogP contribution < -0.4 is 0 Å². The number of thioether (sulfide) groups is 1. The number of rotatable bonds is 5. The number of hydrogen-bond donors (Lipinski definition) is 0. The van der Waals surface area contributed by atoms with Crippen LogP contribution in [0, 0.1) is 19.7 Å². The molecule has 0 bridgehead atoms. The molecule has 146 valence electrons. The average Bonchev–Trinajstić information content (AvgIpc) is 3.09. The van der Waals surface area contributed by atoms with E-state index >= 15 is 0 Å². The van der Waals surface area contributed by atoms with Crippen molar-refractivity contribution in [3.8, 4) is 5.69 Å². The lowest BCUT2D eigenvalue weighted by atomic mass is 10.2. The summed E-state index contributed by atoms with van der Waals surface area (Å²) in [6, 6.07) is 8.30. The summed E-state index contributed by atoms with van der Waals surface area (Å²) in [7, 11) is 0. The summed E-state index contributed by atoms with van der Waals surface area (Å²) in [6.07, 6.45) is 4.43. The molecule has 7 heteroatoms. The second kappa shape index (κ2) is 7.91. The summed E-state index contributed by atoms with van der Waals surface area (Å²) in [4.78, 5) is 12.9. The van der Waals surface area contributed by atoms with Gasteiger partial charge in [-0.05, 0) is 51.0 Å². The van der Waals surface area contributed by atoms with Crippen molar-refractivity contribution in [2.75, 3.05) is 5.75 Å². The van der Waals surface area contributed by atoms with Gasteiger partial charge in [0.1, 0.15) is 11.6 Å². The van der Waals surface area contributed by atoms with Gasteiger partial charge in [-0.15, -0.1) is 10.2 Å². The molecule has 3 aromatic rings. The lowest BCUT2D eigenvalue weighted by Crippen LogP contribution is -2.07. The van der Waals surface area contributed by atoms with Gasteiger partial charge in [-0.2, -0.15) is 0 Å². The van der Waals surface area contributed by atoms with Gasteiger partial charge in [-0.3, -0.25) is 4.79 Å². The molecule has 0 unspecified atom stereocenters. The predicted octanol–water partition coefficient (Wildman–Crippen LogP) is 4.53. The largest absolute Gasteiger partial charge is 0.318 e. The number of halogens is 1. The number of ketones is 1. The fourth-order valence-corrected chi connectivity index (χ4v) is 4.70. The molecular formula is C21H23FN4OS. The van der Waals surface area contributed by atoms with E-state index in [9.17, 15) is 9.18 Å². The summed E-state index contributed by atoms with van der Waals surface area (Å²) in [5.74, 6) is 1.09. The molecule has 0 N–H and O–H groups in total. The van der Waals surface area contributed by atoms with Crippen LogP contribution in [0.15, 0.2) is 35.5 Å². The Bertz CT molecular complexity index is 1020. The third-order valence-electron chi connectivity index (χ3n) is 5.21. The third-order valence-corrected chi connectivity index (χ3v) is 6.17. The van der Waals surface area contributed by atoms with Gasteiger partial charge in [-0.25, -0.2) is 4.39 Å². The maximum absolute atomic E-state index is 13.6. The summed E-state index contributed by atoms with van der Waals surface area (Å²) < 4.78 is 17.7. The quantitative estimate of drug-likeness (QED) is 0.468. The Hall–Kier alpha value is -2.41. The molecule has 0 spiro atoms. The molecule has 5 nitrogen and oxygen atoms in total. The standard InChI is InChI=1S/C21H23FN4OS/c1-14-11-18(15(2)26(14)17-8-6-7-16(22)12-17)19(27)13-28-21-24-23-20-9-4-3-5-10-25(20)21/h6-8,11-12H,3-5,9-10,13H2,1-2H3. The van der Waals surface area contributed by atoms with Crippen molar-refractivity contribution in [2.45, 2.75) is 51.2 Å². The highest BCUT2D eigenvalue weighted by molar-refractivity contribution is 7.99. The van der Waals surface area contributed by atoms with E-state index in [2.05, 4.69) is 14.8 Å². The average molecular weight is 399 g/mol. The van der Waals surface area contributed by atoms with Gasteiger partial charge in [0.25, 0.3) is 0 Å². The zero-order valence-corrected chi connectivity index (χ0v) is 16.9. The molecule has 1 aromatic carbocycles. The van der Waals surface area contributed by atoms with E-state index in [1.807, 2.05) is 30.5 Å². The molecule has 0 radical (unpaired) electrons. The summed E-state index contributed by atoms with van der Waals surface area (Å²) in [5.41, 5.74) is 3.14. The van der Waals surface area contributed by atoms with Crippen molar-refractivity contribution in [1.82, 2.24) is 19.3 Å². The van der Waals surface area contributed by atoms with Crippen LogP contribution in [0.1, 0.15) is 46.8 Å². The molecule has 0 amide bonds. The SMILES string of the molecule is Cc1cc(C(=O)CSc2nnc3n2CCCCC3)c(C)n1-c1cccc(F)c1. The van der Waals surface area contributed by atoms with E-state index in [1.54, 1.807) is 6.07 Å².